The Morgan fingerprint density at radius 2 is 1.70 bits per heavy atom. The van der Waals surface area contributed by atoms with Gasteiger partial charge in [0.2, 0.25) is 0 Å². The van der Waals surface area contributed by atoms with Crippen LogP contribution in [-0.4, -0.2) is 36.2 Å². The Bertz CT molecular complexity index is 432. The number of hydrogen-bond acceptors (Lipinski definition) is 3. The molecule has 0 unspecified atom stereocenters. The van der Waals surface area contributed by atoms with E-state index in [2.05, 4.69) is 50.8 Å². The second-order valence-corrected chi connectivity index (χ2v) is 7.93. The van der Waals surface area contributed by atoms with E-state index in [1.54, 1.807) is 0 Å². The van der Waals surface area contributed by atoms with Crippen molar-refractivity contribution in [2.75, 3.05) is 31.3 Å². The molecule has 0 amide bonds. The van der Waals surface area contributed by atoms with Gasteiger partial charge in [0.1, 0.15) is 5.75 Å². The molecule has 0 N–H and O–H groups in total. The first-order valence-corrected chi connectivity index (χ1v) is 9.79. The summed E-state index contributed by atoms with van der Waals surface area (Å²) in [6.07, 6.45) is 2.38. The minimum Gasteiger partial charge on any atom is -0.494 e. The van der Waals surface area contributed by atoms with E-state index < -0.39 is 0 Å². The van der Waals surface area contributed by atoms with Gasteiger partial charge in [0.25, 0.3) is 0 Å². The summed E-state index contributed by atoms with van der Waals surface area (Å²) in [5.74, 6) is 4.67. The van der Waals surface area contributed by atoms with Gasteiger partial charge in [0, 0.05) is 18.2 Å². The molecule has 1 aliphatic rings. The maximum Gasteiger partial charge on any atom is 0.119 e. The third-order valence-electron chi connectivity index (χ3n) is 4.25. The van der Waals surface area contributed by atoms with Gasteiger partial charge in [-0.2, -0.15) is 0 Å². The SMILES string of the molecule is CC(C)c1cc(OCCCCN2CCSC2)cc(C(C)C)c1.Cl. The number of ether oxygens (including phenoxy) is 1. The van der Waals surface area contributed by atoms with Crippen LogP contribution in [0.5, 0.6) is 5.75 Å². The largest absolute Gasteiger partial charge is 0.494 e. The smallest absolute Gasteiger partial charge is 0.119 e. The zero-order valence-electron chi connectivity index (χ0n) is 15.0. The van der Waals surface area contributed by atoms with E-state index in [1.807, 2.05) is 11.8 Å². The van der Waals surface area contributed by atoms with Crippen molar-refractivity contribution in [3.8, 4) is 5.75 Å². The Morgan fingerprint density at radius 1 is 1.04 bits per heavy atom. The molecule has 0 spiro atoms. The molecule has 0 aromatic heterocycles. The normalized spacial score (nSPS) is 15.2. The molecule has 1 aliphatic heterocycles. The molecule has 2 rings (SSSR count). The van der Waals surface area contributed by atoms with Crippen molar-refractivity contribution >= 4 is 24.2 Å². The van der Waals surface area contributed by atoms with Gasteiger partial charge in [-0.3, -0.25) is 4.90 Å². The summed E-state index contributed by atoms with van der Waals surface area (Å²) in [6.45, 7) is 12.3. The topological polar surface area (TPSA) is 12.5 Å². The van der Waals surface area contributed by atoms with E-state index in [0.717, 1.165) is 18.8 Å². The van der Waals surface area contributed by atoms with Crippen molar-refractivity contribution in [1.82, 2.24) is 4.90 Å². The molecular formula is C19H32ClNOS. The molecule has 0 saturated carbocycles. The number of hydrogen-bond donors (Lipinski definition) is 0. The van der Waals surface area contributed by atoms with E-state index in [1.165, 1.54) is 42.3 Å². The number of unbranched alkanes of at least 4 members (excludes halogenated alkanes) is 1. The van der Waals surface area contributed by atoms with Crippen LogP contribution in [0.1, 0.15) is 63.5 Å². The molecule has 132 valence electrons. The van der Waals surface area contributed by atoms with Crippen LogP contribution in [-0.2, 0) is 0 Å². The summed E-state index contributed by atoms with van der Waals surface area (Å²) < 4.78 is 6.03. The van der Waals surface area contributed by atoms with Gasteiger partial charge in [0.15, 0.2) is 0 Å². The quantitative estimate of drug-likeness (QED) is 0.568. The molecule has 1 fully saturated rings. The summed E-state index contributed by atoms with van der Waals surface area (Å²) in [4.78, 5) is 2.54. The average Bonchev–Trinajstić information content (AvgIpc) is 2.99. The maximum absolute atomic E-state index is 6.03. The molecular weight excluding hydrogens is 326 g/mol. The maximum atomic E-state index is 6.03. The molecule has 23 heavy (non-hydrogen) atoms. The molecule has 1 aromatic rings. The van der Waals surface area contributed by atoms with Crippen LogP contribution >= 0.6 is 24.2 Å². The van der Waals surface area contributed by atoms with Crippen LogP contribution in [0, 0.1) is 0 Å². The van der Waals surface area contributed by atoms with Gasteiger partial charge in [-0.1, -0.05) is 33.8 Å². The van der Waals surface area contributed by atoms with Crippen LogP contribution in [0.25, 0.3) is 0 Å². The van der Waals surface area contributed by atoms with Crippen LogP contribution in [0.4, 0.5) is 0 Å². The number of rotatable bonds is 8. The van der Waals surface area contributed by atoms with Crippen LogP contribution < -0.4 is 4.74 Å². The Morgan fingerprint density at radius 3 is 2.22 bits per heavy atom. The molecule has 2 nitrogen and oxygen atoms in total. The molecule has 0 bridgehead atoms. The number of benzene rings is 1. The standard InChI is InChI=1S/C19H31NOS.ClH/c1-15(2)17-11-18(16(3)4)13-19(12-17)21-9-6-5-7-20-8-10-22-14-20;/h11-13,15-16H,5-10,14H2,1-4H3;1H. The third kappa shape index (κ3) is 6.94. The third-order valence-corrected chi connectivity index (χ3v) is 5.27. The van der Waals surface area contributed by atoms with Gasteiger partial charge in [-0.25, -0.2) is 0 Å². The van der Waals surface area contributed by atoms with Gasteiger partial charge in [-0.15, -0.1) is 24.2 Å². The van der Waals surface area contributed by atoms with Crippen LogP contribution in [0.3, 0.4) is 0 Å². The highest BCUT2D eigenvalue weighted by Crippen LogP contribution is 2.27. The van der Waals surface area contributed by atoms with Crippen molar-refractivity contribution in [2.24, 2.45) is 0 Å². The minimum absolute atomic E-state index is 0. The van der Waals surface area contributed by atoms with Crippen LogP contribution in [0.15, 0.2) is 18.2 Å². The second kappa shape index (κ2) is 10.5. The number of halogens is 1. The van der Waals surface area contributed by atoms with E-state index in [4.69, 9.17) is 4.74 Å². The highest BCUT2D eigenvalue weighted by atomic mass is 35.5. The van der Waals surface area contributed by atoms with E-state index in [0.29, 0.717) is 11.8 Å². The molecule has 0 radical (unpaired) electrons. The molecule has 1 aromatic carbocycles. The fourth-order valence-corrected chi connectivity index (χ4v) is 3.68. The fourth-order valence-electron chi connectivity index (χ4n) is 2.65. The summed E-state index contributed by atoms with van der Waals surface area (Å²) in [6, 6.07) is 6.76. The zero-order valence-corrected chi connectivity index (χ0v) is 16.6. The van der Waals surface area contributed by atoms with Crippen LogP contribution in [0.2, 0.25) is 0 Å². The van der Waals surface area contributed by atoms with Crippen molar-refractivity contribution in [3.63, 3.8) is 0 Å². The average molecular weight is 358 g/mol. The van der Waals surface area contributed by atoms with Crippen molar-refractivity contribution in [1.29, 1.82) is 0 Å². The lowest BCUT2D eigenvalue weighted by Gasteiger charge is -2.16. The Hall–Kier alpha value is -0.380. The number of nitrogens with zero attached hydrogens (tertiary/aromatic N) is 1. The highest BCUT2D eigenvalue weighted by Gasteiger charge is 2.11. The molecule has 0 aliphatic carbocycles. The zero-order chi connectivity index (χ0) is 15.9. The van der Waals surface area contributed by atoms with Gasteiger partial charge in [0.05, 0.1) is 6.61 Å². The van der Waals surface area contributed by atoms with Crippen molar-refractivity contribution in [3.05, 3.63) is 29.3 Å². The Labute approximate surface area is 152 Å². The first-order valence-electron chi connectivity index (χ1n) is 8.64. The first kappa shape index (κ1) is 20.7. The molecule has 1 saturated heterocycles. The lowest BCUT2D eigenvalue weighted by Crippen LogP contribution is -2.21. The number of thioether (sulfide) groups is 1. The summed E-state index contributed by atoms with van der Waals surface area (Å²) in [5, 5.41) is 0. The van der Waals surface area contributed by atoms with Gasteiger partial charge >= 0.3 is 0 Å². The lowest BCUT2D eigenvalue weighted by atomic mass is 9.95. The Kier molecular flexibility index (Phi) is 9.41. The van der Waals surface area contributed by atoms with Crippen molar-refractivity contribution < 1.29 is 4.74 Å². The summed E-state index contributed by atoms with van der Waals surface area (Å²) >= 11 is 2.05. The van der Waals surface area contributed by atoms with Gasteiger partial charge < -0.3 is 4.74 Å². The van der Waals surface area contributed by atoms with Crippen molar-refractivity contribution in [2.45, 2.75) is 52.4 Å². The molecule has 0 atom stereocenters. The lowest BCUT2D eigenvalue weighted by molar-refractivity contribution is 0.284. The molecule has 4 heteroatoms. The highest BCUT2D eigenvalue weighted by molar-refractivity contribution is 7.99. The second-order valence-electron chi connectivity index (χ2n) is 6.86. The van der Waals surface area contributed by atoms with E-state index >= 15 is 0 Å². The summed E-state index contributed by atoms with van der Waals surface area (Å²) in [7, 11) is 0. The van der Waals surface area contributed by atoms with E-state index in [9.17, 15) is 0 Å². The predicted octanol–water partition coefficient (Wildman–Crippen LogP) is 5.52. The monoisotopic (exact) mass is 357 g/mol. The predicted molar refractivity (Wildman–Crippen MR) is 105 cm³/mol. The fraction of sp³-hybridized carbons (Fsp3) is 0.684. The van der Waals surface area contributed by atoms with E-state index in [-0.39, 0.29) is 12.4 Å². The summed E-state index contributed by atoms with van der Waals surface area (Å²) in [5.41, 5.74) is 2.77. The minimum atomic E-state index is 0. The first-order chi connectivity index (χ1) is 10.6. The molecule has 1 heterocycles. The van der Waals surface area contributed by atoms with Gasteiger partial charge in [-0.05, 0) is 54.5 Å². The Balaban J connectivity index is 0.00000264.